The van der Waals surface area contributed by atoms with Crippen LogP contribution in [0.4, 0.5) is 0 Å². The first-order chi connectivity index (χ1) is 7.45. The third-order valence-electron chi connectivity index (χ3n) is 2.82. The SMILES string of the molecule is CCCCCC(O)c1coc([Si](C)(C)C)c1. The topological polar surface area (TPSA) is 33.4 Å². The zero-order valence-corrected chi connectivity index (χ0v) is 11.9. The molecule has 1 N–H and O–H groups in total. The number of rotatable bonds is 6. The van der Waals surface area contributed by atoms with Crippen molar-refractivity contribution in [1.29, 1.82) is 0 Å². The number of unbranched alkanes of at least 4 members (excludes halogenated alkanes) is 2. The fraction of sp³-hybridized carbons (Fsp3) is 0.692. The van der Waals surface area contributed by atoms with Gasteiger partial charge in [0.15, 0.2) is 0 Å². The second kappa shape index (κ2) is 5.69. The molecule has 0 bridgehead atoms. The van der Waals surface area contributed by atoms with Gasteiger partial charge in [-0.1, -0.05) is 45.8 Å². The van der Waals surface area contributed by atoms with Crippen LogP contribution in [0, 0.1) is 0 Å². The molecule has 1 aromatic heterocycles. The Labute approximate surface area is 99.7 Å². The van der Waals surface area contributed by atoms with Gasteiger partial charge in [-0.05, 0) is 12.5 Å². The van der Waals surface area contributed by atoms with Gasteiger partial charge >= 0.3 is 0 Å². The lowest BCUT2D eigenvalue weighted by Crippen LogP contribution is -2.36. The second-order valence-corrected chi connectivity index (χ2v) is 10.5. The van der Waals surface area contributed by atoms with Crippen LogP contribution in [0.25, 0.3) is 0 Å². The lowest BCUT2D eigenvalue weighted by atomic mass is 10.1. The first-order valence-electron chi connectivity index (χ1n) is 6.22. The van der Waals surface area contributed by atoms with E-state index in [4.69, 9.17) is 4.42 Å². The largest absolute Gasteiger partial charge is 0.474 e. The molecule has 2 nitrogen and oxygen atoms in total. The summed E-state index contributed by atoms with van der Waals surface area (Å²) in [5, 5.41) is 11.1. The highest BCUT2D eigenvalue weighted by molar-refractivity contribution is 6.87. The Morgan fingerprint density at radius 1 is 1.31 bits per heavy atom. The molecule has 0 amide bonds. The van der Waals surface area contributed by atoms with Crippen molar-refractivity contribution in [3.63, 3.8) is 0 Å². The molecule has 0 aliphatic carbocycles. The van der Waals surface area contributed by atoms with E-state index in [-0.39, 0.29) is 6.10 Å². The Hall–Kier alpha value is -0.543. The molecule has 1 atom stereocenters. The first kappa shape index (κ1) is 13.5. The van der Waals surface area contributed by atoms with Crippen LogP contribution in [0.1, 0.15) is 44.3 Å². The predicted octanol–water partition coefficient (Wildman–Crippen LogP) is 3.44. The molecule has 3 heteroatoms. The van der Waals surface area contributed by atoms with Gasteiger partial charge in [-0.15, -0.1) is 0 Å². The van der Waals surface area contributed by atoms with Crippen molar-refractivity contribution in [1.82, 2.24) is 0 Å². The van der Waals surface area contributed by atoms with Crippen molar-refractivity contribution in [2.45, 2.75) is 58.4 Å². The van der Waals surface area contributed by atoms with E-state index >= 15 is 0 Å². The zero-order valence-electron chi connectivity index (χ0n) is 10.9. The Bertz CT molecular complexity index is 312. The maximum Gasteiger partial charge on any atom is 0.123 e. The molecule has 1 rings (SSSR count). The normalized spacial score (nSPS) is 14.1. The third kappa shape index (κ3) is 3.80. The summed E-state index contributed by atoms with van der Waals surface area (Å²) < 4.78 is 5.56. The average molecular weight is 240 g/mol. The second-order valence-electron chi connectivity index (χ2n) is 5.51. The molecular formula is C13H24O2Si. The van der Waals surface area contributed by atoms with Gasteiger partial charge in [-0.3, -0.25) is 0 Å². The van der Waals surface area contributed by atoms with Gasteiger partial charge in [0.1, 0.15) is 8.07 Å². The fourth-order valence-electron chi connectivity index (χ4n) is 1.67. The van der Waals surface area contributed by atoms with E-state index in [1.54, 1.807) is 6.26 Å². The molecule has 0 fully saturated rings. The quantitative estimate of drug-likeness (QED) is 0.610. The molecule has 1 unspecified atom stereocenters. The smallest absolute Gasteiger partial charge is 0.123 e. The van der Waals surface area contributed by atoms with E-state index in [2.05, 4.69) is 26.6 Å². The van der Waals surface area contributed by atoms with Crippen molar-refractivity contribution in [2.75, 3.05) is 0 Å². The molecule has 0 saturated heterocycles. The number of aliphatic hydroxyl groups is 1. The van der Waals surface area contributed by atoms with Gasteiger partial charge in [0.25, 0.3) is 0 Å². The molecule has 1 aromatic rings. The van der Waals surface area contributed by atoms with Crippen molar-refractivity contribution in [3.05, 3.63) is 17.9 Å². The van der Waals surface area contributed by atoms with E-state index in [1.165, 1.54) is 12.8 Å². The van der Waals surface area contributed by atoms with Gasteiger partial charge in [0, 0.05) is 5.56 Å². The standard InChI is InChI=1S/C13H24O2Si/c1-5-6-7-8-12(14)11-9-13(15-10-11)16(2,3)4/h9-10,12,14H,5-8H2,1-4H3. The molecule has 0 radical (unpaired) electrons. The van der Waals surface area contributed by atoms with Crippen LogP contribution < -0.4 is 5.38 Å². The molecular weight excluding hydrogens is 216 g/mol. The summed E-state index contributed by atoms with van der Waals surface area (Å²) in [5.74, 6) is 0. The Balaban J connectivity index is 2.56. The highest BCUT2D eigenvalue weighted by Crippen LogP contribution is 2.20. The molecule has 0 spiro atoms. The molecule has 0 saturated carbocycles. The summed E-state index contributed by atoms with van der Waals surface area (Å²) >= 11 is 0. The van der Waals surface area contributed by atoms with Gasteiger partial charge in [-0.2, -0.15) is 0 Å². The number of furan rings is 1. The van der Waals surface area contributed by atoms with Crippen LogP contribution in [0.3, 0.4) is 0 Å². The molecule has 92 valence electrons. The van der Waals surface area contributed by atoms with Gasteiger partial charge < -0.3 is 9.52 Å². The van der Waals surface area contributed by atoms with Crippen LogP contribution in [-0.4, -0.2) is 13.2 Å². The van der Waals surface area contributed by atoms with E-state index in [0.29, 0.717) is 0 Å². The fourth-order valence-corrected chi connectivity index (χ4v) is 2.69. The van der Waals surface area contributed by atoms with Crippen LogP contribution in [0.2, 0.25) is 19.6 Å². The van der Waals surface area contributed by atoms with E-state index in [9.17, 15) is 5.11 Å². The minimum Gasteiger partial charge on any atom is -0.474 e. The molecule has 0 aliphatic rings. The van der Waals surface area contributed by atoms with Crippen LogP contribution in [0.15, 0.2) is 16.7 Å². The van der Waals surface area contributed by atoms with E-state index in [1.807, 2.05) is 6.07 Å². The van der Waals surface area contributed by atoms with Crippen molar-refractivity contribution in [3.8, 4) is 0 Å². The molecule has 0 aliphatic heterocycles. The van der Waals surface area contributed by atoms with Gasteiger partial charge in [-0.25, -0.2) is 0 Å². The van der Waals surface area contributed by atoms with Crippen molar-refractivity contribution >= 4 is 13.5 Å². The maximum atomic E-state index is 9.98. The van der Waals surface area contributed by atoms with Gasteiger partial charge in [0.05, 0.1) is 17.8 Å². The molecule has 0 aromatic carbocycles. The summed E-state index contributed by atoms with van der Waals surface area (Å²) in [7, 11) is -1.37. The van der Waals surface area contributed by atoms with E-state index < -0.39 is 8.07 Å². The Morgan fingerprint density at radius 2 is 2.00 bits per heavy atom. The summed E-state index contributed by atoms with van der Waals surface area (Å²) in [6, 6.07) is 2.04. The number of hydrogen-bond acceptors (Lipinski definition) is 2. The van der Waals surface area contributed by atoms with Crippen molar-refractivity contribution < 1.29 is 9.52 Å². The number of aliphatic hydroxyl groups excluding tert-OH is 1. The minimum atomic E-state index is -1.37. The average Bonchev–Trinajstić information content (AvgIpc) is 2.66. The summed E-state index contributed by atoms with van der Waals surface area (Å²) in [6.07, 6.45) is 5.70. The Kier molecular flexibility index (Phi) is 4.81. The third-order valence-corrected chi connectivity index (χ3v) is 4.57. The Morgan fingerprint density at radius 3 is 2.50 bits per heavy atom. The molecule has 16 heavy (non-hydrogen) atoms. The van der Waals surface area contributed by atoms with Crippen LogP contribution in [-0.2, 0) is 0 Å². The summed E-state index contributed by atoms with van der Waals surface area (Å²) in [4.78, 5) is 0. The monoisotopic (exact) mass is 240 g/mol. The van der Waals surface area contributed by atoms with Crippen LogP contribution >= 0.6 is 0 Å². The number of hydrogen-bond donors (Lipinski definition) is 1. The summed E-state index contributed by atoms with van der Waals surface area (Å²) in [5.41, 5.74) is 0.952. The van der Waals surface area contributed by atoms with Crippen LogP contribution in [0.5, 0.6) is 0 Å². The molecule has 1 heterocycles. The summed E-state index contributed by atoms with van der Waals surface area (Å²) in [6.45, 7) is 8.92. The minimum absolute atomic E-state index is 0.347. The highest BCUT2D eigenvalue weighted by Gasteiger charge is 2.22. The zero-order chi connectivity index (χ0) is 12.2. The van der Waals surface area contributed by atoms with Crippen molar-refractivity contribution in [2.24, 2.45) is 0 Å². The van der Waals surface area contributed by atoms with Gasteiger partial charge in [0.2, 0.25) is 0 Å². The van der Waals surface area contributed by atoms with E-state index in [0.717, 1.165) is 23.8 Å². The lowest BCUT2D eigenvalue weighted by molar-refractivity contribution is 0.163. The first-order valence-corrected chi connectivity index (χ1v) is 9.72. The lowest BCUT2D eigenvalue weighted by Gasteiger charge is -2.11. The highest BCUT2D eigenvalue weighted by atomic mass is 28.3. The predicted molar refractivity (Wildman–Crippen MR) is 70.8 cm³/mol. The maximum absolute atomic E-state index is 9.98.